The Balaban J connectivity index is 1.71. The van der Waals surface area contributed by atoms with Gasteiger partial charge in [0, 0.05) is 31.3 Å². The van der Waals surface area contributed by atoms with Crippen LogP contribution >= 0.6 is 0 Å². The number of methoxy groups -OCH3 is 1. The molecule has 0 saturated heterocycles. The second-order valence-corrected chi connectivity index (χ2v) is 8.46. The molecule has 1 aromatic heterocycles. The van der Waals surface area contributed by atoms with E-state index in [2.05, 4.69) is 15.0 Å². The maximum absolute atomic E-state index is 13.6. The van der Waals surface area contributed by atoms with Gasteiger partial charge in [-0.3, -0.25) is 9.78 Å². The van der Waals surface area contributed by atoms with Crippen LogP contribution in [-0.4, -0.2) is 39.6 Å². The molecule has 3 aromatic rings. The van der Waals surface area contributed by atoms with E-state index in [4.69, 9.17) is 4.74 Å². The van der Waals surface area contributed by atoms with Crippen molar-refractivity contribution >= 4 is 26.8 Å². The lowest BCUT2D eigenvalue weighted by molar-refractivity contribution is 0.0952. The molecule has 158 valence electrons. The van der Waals surface area contributed by atoms with Crippen molar-refractivity contribution in [3.05, 3.63) is 71.2 Å². The molecule has 2 N–H and O–H groups in total. The topological polar surface area (TPSA) is 97.4 Å². The minimum atomic E-state index is -3.62. The Morgan fingerprint density at radius 3 is 2.57 bits per heavy atom. The molecule has 0 bridgehead atoms. The minimum absolute atomic E-state index is 0.125. The largest absolute Gasteiger partial charge is 0.383 e. The summed E-state index contributed by atoms with van der Waals surface area (Å²) in [5, 5.41) is 3.22. The number of pyridine rings is 1. The maximum atomic E-state index is 13.6. The molecule has 0 radical (unpaired) electrons. The maximum Gasteiger partial charge on any atom is 0.252 e. The number of rotatable bonds is 8. The summed E-state index contributed by atoms with van der Waals surface area (Å²) >= 11 is 0. The zero-order valence-corrected chi connectivity index (χ0v) is 17.4. The van der Waals surface area contributed by atoms with Crippen molar-refractivity contribution < 1.29 is 22.3 Å². The first-order valence-electron chi connectivity index (χ1n) is 9.23. The monoisotopic (exact) mass is 431 g/mol. The Labute approximate surface area is 174 Å². The summed E-state index contributed by atoms with van der Waals surface area (Å²) < 4.78 is 45.3. The molecule has 9 heteroatoms. The summed E-state index contributed by atoms with van der Waals surface area (Å²) in [6.07, 6.45) is 0. The lowest BCUT2D eigenvalue weighted by Gasteiger charge is -2.10. The Morgan fingerprint density at radius 1 is 1.13 bits per heavy atom. The number of hydrogen-bond acceptors (Lipinski definition) is 5. The van der Waals surface area contributed by atoms with Crippen molar-refractivity contribution in [1.29, 1.82) is 0 Å². The third-order valence-electron chi connectivity index (χ3n) is 4.43. The molecule has 0 atom stereocenters. The number of nitrogens with zero attached hydrogens (tertiary/aromatic N) is 1. The van der Waals surface area contributed by atoms with Gasteiger partial charge in [0.25, 0.3) is 5.91 Å². The van der Waals surface area contributed by atoms with Gasteiger partial charge < -0.3 is 10.1 Å². The number of aryl methyl sites for hydroxylation is 1. The third kappa shape index (κ3) is 5.18. The van der Waals surface area contributed by atoms with Crippen LogP contribution in [0.3, 0.4) is 0 Å². The molecular formula is C21H22FN3O4S. The first-order chi connectivity index (χ1) is 14.3. The molecule has 7 nitrogen and oxygen atoms in total. The fourth-order valence-corrected chi connectivity index (χ4v) is 3.96. The van der Waals surface area contributed by atoms with Crippen LogP contribution in [0, 0.1) is 12.7 Å². The van der Waals surface area contributed by atoms with Gasteiger partial charge in [-0.25, -0.2) is 17.5 Å². The number of halogens is 1. The van der Waals surface area contributed by atoms with Crippen LogP contribution < -0.4 is 10.0 Å². The highest BCUT2D eigenvalue weighted by Crippen LogP contribution is 2.20. The number of aromatic nitrogens is 1. The number of hydrogen-bond donors (Lipinski definition) is 2. The first-order valence-corrected chi connectivity index (χ1v) is 10.7. The molecular weight excluding hydrogens is 409 g/mol. The summed E-state index contributed by atoms with van der Waals surface area (Å²) in [6, 6.07) is 11.9. The van der Waals surface area contributed by atoms with Crippen molar-refractivity contribution in [3.63, 3.8) is 0 Å². The van der Waals surface area contributed by atoms with Gasteiger partial charge >= 0.3 is 0 Å². The lowest BCUT2D eigenvalue weighted by Crippen LogP contribution is -2.27. The Bertz CT molecular complexity index is 1160. The summed E-state index contributed by atoms with van der Waals surface area (Å²) in [5.41, 5.74) is 2.24. The quantitative estimate of drug-likeness (QED) is 0.534. The van der Waals surface area contributed by atoms with Crippen LogP contribution in [0.4, 0.5) is 4.39 Å². The van der Waals surface area contributed by atoms with E-state index >= 15 is 0 Å². The molecule has 0 unspecified atom stereocenters. The highest BCUT2D eigenvalue weighted by atomic mass is 32.2. The number of benzene rings is 2. The molecule has 0 saturated carbocycles. The van der Waals surface area contributed by atoms with Gasteiger partial charge in [0.05, 0.1) is 22.6 Å². The SMILES string of the molecule is COCCNS(=O)(=O)c1ccc(CNC(=O)c2cc(C)nc3ccc(F)cc23)cc1. The number of amides is 1. The van der Waals surface area contributed by atoms with Crippen LogP contribution in [0.2, 0.25) is 0 Å². The Morgan fingerprint density at radius 2 is 1.87 bits per heavy atom. The van der Waals surface area contributed by atoms with Crippen molar-refractivity contribution in [1.82, 2.24) is 15.0 Å². The van der Waals surface area contributed by atoms with Crippen LogP contribution in [-0.2, 0) is 21.3 Å². The predicted molar refractivity (Wildman–Crippen MR) is 111 cm³/mol. The highest BCUT2D eigenvalue weighted by molar-refractivity contribution is 7.89. The number of fused-ring (bicyclic) bond motifs is 1. The number of carbonyl (C=O) groups excluding carboxylic acids is 1. The molecule has 2 aromatic carbocycles. The van der Waals surface area contributed by atoms with E-state index < -0.39 is 15.8 Å². The van der Waals surface area contributed by atoms with Gasteiger partial charge in [-0.05, 0) is 48.9 Å². The molecule has 0 aliphatic carbocycles. The fourth-order valence-electron chi connectivity index (χ4n) is 2.94. The normalized spacial score (nSPS) is 11.6. The summed E-state index contributed by atoms with van der Waals surface area (Å²) in [4.78, 5) is 17.1. The third-order valence-corrected chi connectivity index (χ3v) is 5.91. The Hall–Kier alpha value is -2.88. The number of sulfonamides is 1. The van der Waals surface area contributed by atoms with Crippen LogP contribution in [0.1, 0.15) is 21.6 Å². The van der Waals surface area contributed by atoms with E-state index in [1.54, 1.807) is 25.1 Å². The summed E-state index contributed by atoms with van der Waals surface area (Å²) in [7, 11) is -2.13. The van der Waals surface area contributed by atoms with Gasteiger partial charge in [-0.2, -0.15) is 0 Å². The van der Waals surface area contributed by atoms with E-state index in [-0.39, 0.29) is 30.5 Å². The van der Waals surface area contributed by atoms with Gasteiger partial charge in [0.15, 0.2) is 0 Å². The number of carbonyl (C=O) groups is 1. The summed E-state index contributed by atoms with van der Waals surface area (Å²) in [6.45, 7) is 2.40. The van der Waals surface area contributed by atoms with Crippen LogP contribution in [0.25, 0.3) is 10.9 Å². The van der Waals surface area contributed by atoms with Gasteiger partial charge in [0.1, 0.15) is 5.82 Å². The lowest BCUT2D eigenvalue weighted by atomic mass is 10.1. The number of ether oxygens (including phenoxy) is 1. The zero-order chi connectivity index (χ0) is 21.7. The van der Waals surface area contributed by atoms with E-state index in [1.807, 2.05) is 0 Å². The molecule has 0 spiro atoms. The number of nitrogens with one attached hydrogen (secondary N) is 2. The van der Waals surface area contributed by atoms with E-state index in [0.717, 1.165) is 5.56 Å². The highest BCUT2D eigenvalue weighted by Gasteiger charge is 2.15. The molecule has 30 heavy (non-hydrogen) atoms. The average Bonchev–Trinajstić information content (AvgIpc) is 2.72. The Kier molecular flexibility index (Phi) is 6.76. The summed E-state index contributed by atoms with van der Waals surface area (Å²) in [5.74, 6) is -0.813. The van der Waals surface area contributed by atoms with E-state index in [0.29, 0.717) is 22.2 Å². The molecule has 1 amide bonds. The van der Waals surface area contributed by atoms with Crippen molar-refractivity contribution in [2.75, 3.05) is 20.3 Å². The van der Waals surface area contributed by atoms with Crippen molar-refractivity contribution in [2.45, 2.75) is 18.4 Å². The second-order valence-electron chi connectivity index (χ2n) is 6.69. The fraction of sp³-hybridized carbons (Fsp3) is 0.238. The first kappa shape index (κ1) is 21.8. The van der Waals surface area contributed by atoms with Gasteiger partial charge in [-0.15, -0.1) is 0 Å². The smallest absolute Gasteiger partial charge is 0.252 e. The van der Waals surface area contributed by atoms with Crippen LogP contribution in [0.5, 0.6) is 0 Å². The molecule has 0 aliphatic heterocycles. The van der Waals surface area contributed by atoms with Crippen molar-refractivity contribution in [2.24, 2.45) is 0 Å². The second kappa shape index (κ2) is 9.29. The molecule has 1 heterocycles. The van der Waals surface area contributed by atoms with Crippen LogP contribution in [0.15, 0.2) is 53.4 Å². The molecule has 3 rings (SSSR count). The minimum Gasteiger partial charge on any atom is -0.383 e. The van der Waals surface area contributed by atoms with E-state index in [1.165, 1.54) is 37.4 Å². The van der Waals surface area contributed by atoms with Gasteiger partial charge in [-0.1, -0.05) is 12.1 Å². The van der Waals surface area contributed by atoms with Crippen molar-refractivity contribution in [3.8, 4) is 0 Å². The molecule has 0 aliphatic rings. The standard InChI is InChI=1S/C21H22FN3O4S/c1-14-11-19(18-12-16(22)5-8-20(18)25-14)21(26)23-13-15-3-6-17(7-4-15)30(27,28)24-9-10-29-2/h3-8,11-12,24H,9-10,13H2,1-2H3,(H,23,26). The average molecular weight is 431 g/mol. The van der Waals surface area contributed by atoms with E-state index in [9.17, 15) is 17.6 Å². The predicted octanol–water partition coefficient (Wildman–Crippen LogP) is 2.54. The zero-order valence-electron chi connectivity index (χ0n) is 16.6. The molecule has 0 fully saturated rings. The van der Waals surface area contributed by atoms with Gasteiger partial charge in [0.2, 0.25) is 10.0 Å².